The van der Waals surface area contributed by atoms with Crippen LogP contribution in [0.25, 0.3) is 10.8 Å². The smallest absolute Gasteiger partial charge is 0.405 e. The molecule has 8 N–H and O–H groups in total. The number of anilines is 2. The summed E-state index contributed by atoms with van der Waals surface area (Å²) in [6, 6.07) is 14.5. The topological polar surface area (TPSA) is 184 Å². The molecule has 0 spiro atoms. The van der Waals surface area contributed by atoms with Crippen LogP contribution in [-0.4, -0.2) is 60.1 Å². The molecule has 0 bridgehead atoms. The second-order valence-electron chi connectivity index (χ2n) is 11.3. The van der Waals surface area contributed by atoms with E-state index >= 15 is 0 Å². The molecule has 0 fully saturated rings. The van der Waals surface area contributed by atoms with Crippen LogP contribution in [0.2, 0.25) is 0 Å². The zero-order chi connectivity index (χ0) is 32.5. The Kier molecular flexibility index (Phi) is 11.3. The quantitative estimate of drug-likeness (QED) is 0.101. The predicted molar refractivity (Wildman–Crippen MR) is 174 cm³/mol. The minimum Gasteiger partial charge on any atom is -0.488 e. The number of nitrogens with two attached hydrogens (primary N) is 1. The largest absolute Gasteiger partial charge is 0.488 e. The number of hydrogen-bond donors (Lipinski definition) is 7. The van der Waals surface area contributed by atoms with Gasteiger partial charge in [0.15, 0.2) is 0 Å². The van der Waals surface area contributed by atoms with Gasteiger partial charge in [-0.2, -0.15) is 0 Å². The summed E-state index contributed by atoms with van der Waals surface area (Å²) < 4.78 is 6.25. The van der Waals surface area contributed by atoms with E-state index in [1.54, 1.807) is 26.0 Å². The lowest BCUT2D eigenvalue weighted by atomic mass is 9.95. The lowest BCUT2D eigenvalue weighted by Crippen LogP contribution is -2.54. The molecule has 0 radical (unpaired) electrons. The fraction of sp³-hybridized carbons (Fsp3) is 0.375. The van der Waals surface area contributed by atoms with E-state index in [4.69, 9.17) is 27.2 Å². The number of halogens is 1. The zero-order valence-electron chi connectivity index (χ0n) is 25.2. The van der Waals surface area contributed by atoms with Gasteiger partial charge in [0.05, 0.1) is 0 Å². The first-order valence-electron chi connectivity index (χ1n) is 14.8. The van der Waals surface area contributed by atoms with Crippen LogP contribution in [-0.2, 0) is 16.2 Å². The Hall–Kier alpha value is -4.71. The fourth-order valence-electron chi connectivity index (χ4n) is 5.33. The normalized spacial score (nSPS) is 15.0. The summed E-state index contributed by atoms with van der Waals surface area (Å²) in [6.45, 7) is 4.67. The lowest BCUT2D eigenvalue weighted by Gasteiger charge is -2.24. The maximum atomic E-state index is 13.2. The van der Waals surface area contributed by atoms with Crippen LogP contribution in [0, 0.1) is 5.92 Å². The molecular weight excluding hydrogens is 600 g/mol. The van der Waals surface area contributed by atoms with Crippen LogP contribution in [0.4, 0.5) is 21.0 Å². The van der Waals surface area contributed by atoms with E-state index in [2.05, 4.69) is 32.7 Å². The molecule has 45 heavy (non-hydrogen) atoms. The second-order valence-corrected chi connectivity index (χ2v) is 11.6. The minimum atomic E-state index is -1.35. The van der Waals surface area contributed by atoms with Crippen LogP contribution in [0.15, 0.2) is 54.6 Å². The van der Waals surface area contributed by atoms with Crippen molar-refractivity contribution in [2.24, 2.45) is 11.7 Å². The summed E-state index contributed by atoms with van der Waals surface area (Å²) in [5.74, 6) is 0.0522. The van der Waals surface area contributed by atoms with E-state index in [0.29, 0.717) is 24.6 Å². The van der Waals surface area contributed by atoms with Crippen molar-refractivity contribution in [2.75, 3.05) is 29.6 Å². The third-order valence-corrected chi connectivity index (χ3v) is 8.00. The van der Waals surface area contributed by atoms with E-state index in [1.165, 1.54) is 5.56 Å². The summed E-state index contributed by atoms with van der Waals surface area (Å²) >= 11 is 6.22. The molecule has 240 valence electrons. The average Bonchev–Trinajstić information content (AvgIpc) is 3.43. The number of carbonyl (C=O) groups excluding carboxylic acids is 3. The molecule has 1 aliphatic rings. The Morgan fingerprint density at radius 1 is 1.04 bits per heavy atom. The number of urea groups is 1. The third kappa shape index (κ3) is 8.69. The van der Waals surface area contributed by atoms with Gasteiger partial charge in [0.25, 0.3) is 0 Å². The number of rotatable bonds is 14. The van der Waals surface area contributed by atoms with E-state index in [-0.39, 0.29) is 24.8 Å². The van der Waals surface area contributed by atoms with Gasteiger partial charge >= 0.3 is 12.1 Å². The molecule has 3 atom stereocenters. The van der Waals surface area contributed by atoms with Crippen molar-refractivity contribution in [2.45, 2.75) is 51.3 Å². The number of carbonyl (C=O) groups is 4. The molecule has 12 nitrogen and oxygen atoms in total. The van der Waals surface area contributed by atoms with Gasteiger partial charge in [-0.1, -0.05) is 50.2 Å². The van der Waals surface area contributed by atoms with E-state index in [9.17, 15) is 19.2 Å². The third-order valence-electron chi connectivity index (χ3n) is 7.63. The molecule has 1 heterocycles. The van der Waals surface area contributed by atoms with Gasteiger partial charge in [-0.15, -0.1) is 11.6 Å². The maximum absolute atomic E-state index is 13.2. The first-order chi connectivity index (χ1) is 21.6. The molecule has 3 aromatic carbocycles. The van der Waals surface area contributed by atoms with Gasteiger partial charge in [0, 0.05) is 47.7 Å². The number of alkyl halides is 1. The predicted octanol–water partition coefficient (Wildman–Crippen LogP) is 4.33. The van der Waals surface area contributed by atoms with Crippen molar-refractivity contribution in [1.82, 2.24) is 16.0 Å². The Balaban J connectivity index is 1.42. The first-order valence-corrected chi connectivity index (χ1v) is 15.3. The SMILES string of the molecule is CC(C)[C@H](NC(=O)O)C(=O)N[C@@H](CCCNC(N)=O)C(=O)Nc1ccc(COc2cc3c(c4ccccc24)[C@H](CCl)CN3)cc1. The van der Waals surface area contributed by atoms with Gasteiger partial charge in [-0.25, -0.2) is 9.59 Å². The summed E-state index contributed by atoms with van der Waals surface area (Å²) in [4.78, 5) is 48.4. The van der Waals surface area contributed by atoms with Crippen LogP contribution < -0.4 is 37.1 Å². The van der Waals surface area contributed by atoms with Crippen LogP contribution in [0.1, 0.15) is 43.7 Å². The van der Waals surface area contributed by atoms with Gasteiger partial charge in [0.2, 0.25) is 11.8 Å². The number of ether oxygens (including phenoxy) is 1. The van der Waals surface area contributed by atoms with Crippen molar-refractivity contribution in [1.29, 1.82) is 0 Å². The Morgan fingerprint density at radius 3 is 2.40 bits per heavy atom. The molecule has 0 aliphatic carbocycles. The molecule has 0 aromatic heterocycles. The number of nitrogens with one attached hydrogen (secondary N) is 5. The second kappa shape index (κ2) is 15.3. The van der Waals surface area contributed by atoms with Crippen molar-refractivity contribution < 1.29 is 29.0 Å². The number of hydrogen-bond acceptors (Lipinski definition) is 6. The summed E-state index contributed by atoms with van der Waals surface area (Å²) in [6.07, 6.45) is -0.826. The molecule has 0 saturated carbocycles. The van der Waals surface area contributed by atoms with Crippen LogP contribution in [0.5, 0.6) is 5.75 Å². The highest BCUT2D eigenvalue weighted by atomic mass is 35.5. The highest BCUT2D eigenvalue weighted by Gasteiger charge is 2.29. The van der Waals surface area contributed by atoms with E-state index in [1.807, 2.05) is 36.4 Å². The van der Waals surface area contributed by atoms with Crippen LogP contribution in [0.3, 0.4) is 0 Å². The van der Waals surface area contributed by atoms with Gasteiger partial charge in [-0.05, 0) is 47.4 Å². The standard InChI is InChI=1S/C32H39ClN6O6/c1-18(2)28(39-32(43)44)30(41)38-24(8-5-13-35-31(34)42)29(40)37-21-11-9-19(10-12-21)17-45-26-14-25-27(20(15-33)16-36-25)23-7-4-3-6-22(23)26/h3-4,6-7,9-12,14,18,20,24,28,36,39H,5,8,13,15-17H2,1-2H3,(H,37,40)(H,38,41)(H,43,44)(H3,34,35,42)/t20-,24+,28+/m1/s1. The average molecular weight is 639 g/mol. The summed E-state index contributed by atoms with van der Waals surface area (Å²) in [5, 5.41) is 24.8. The Labute approximate surface area is 266 Å². The highest BCUT2D eigenvalue weighted by molar-refractivity contribution is 6.18. The highest BCUT2D eigenvalue weighted by Crippen LogP contribution is 2.42. The monoisotopic (exact) mass is 638 g/mol. The van der Waals surface area contributed by atoms with Crippen molar-refractivity contribution in [3.05, 3.63) is 65.7 Å². The number of carboxylic acid groups (broad SMARTS) is 1. The van der Waals surface area contributed by atoms with E-state index in [0.717, 1.165) is 34.3 Å². The molecule has 1 aliphatic heterocycles. The fourth-order valence-corrected chi connectivity index (χ4v) is 5.59. The number of amides is 5. The number of fused-ring (bicyclic) bond motifs is 3. The lowest BCUT2D eigenvalue weighted by molar-refractivity contribution is -0.128. The van der Waals surface area contributed by atoms with Crippen LogP contribution >= 0.6 is 11.6 Å². The van der Waals surface area contributed by atoms with Gasteiger partial charge in [-0.3, -0.25) is 9.59 Å². The van der Waals surface area contributed by atoms with Crippen molar-refractivity contribution >= 4 is 57.7 Å². The number of benzene rings is 3. The van der Waals surface area contributed by atoms with E-state index < -0.39 is 36.0 Å². The summed E-state index contributed by atoms with van der Waals surface area (Å²) in [5.41, 5.74) is 8.74. The minimum absolute atomic E-state index is 0.177. The van der Waals surface area contributed by atoms with Gasteiger partial charge in [0.1, 0.15) is 24.4 Å². The molecule has 13 heteroatoms. The molecular formula is C32H39ClN6O6. The molecule has 4 rings (SSSR count). The molecule has 0 unspecified atom stereocenters. The first kappa shape index (κ1) is 33.2. The Morgan fingerprint density at radius 2 is 1.76 bits per heavy atom. The summed E-state index contributed by atoms with van der Waals surface area (Å²) in [7, 11) is 0. The Bertz CT molecular complexity index is 1530. The zero-order valence-corrected chi connectivity index (χ0v) is 25.9. The van der Waals surface area contributed by atoms with Crippen molar-refractivity contribution in [3.63, 3.8) is 0 Å². The molecule has 3 aromatic rings. The van der Waals surface area contributed by atoms with Crippen molar-refractivity contribution in [3.8, 4) is 5.75 Å². The molecule has 0 saturated heterocycles. The number of primary amides is 1. The van der Waals surface area contributed by atoms with Gasteiger partial charge < -0.3 is 42.2 Å². The molecule has 5 amide bonds. The maximum Gasteiger partial charge on any atom is 0.405 e.